The van der Waals surface area contributed by atoms with Crippen LogP contribution in [0.2, 0.25) is 0 Å². The number of thioether (sulfide) groups is 1. The van der Waals surface area contributed by atoms with Crippen molar-refractivity contribution < 1.29 is 4.42 Å². The van der Waals surface area contributed by atoms with Crippen molar-refractivity contribution in [2.75, 3.05) is 17.7 Å². The van der Waals surface area contributed by atoms with E-state index in [0.717, 1.165) is 21.3 Å². The molecule has 1 aromatic heterocycles. The van der Waals surface area contributed by atoms with Crippen LogP contribution in [0.15, 0.2) is 39.6 Å². The summed E-state index contributed by atoms with van der Waals surface area (Å²) in [5.41, 5.74) is 15.1. The second-order valence-electron chi connectivity index (χ2n) is 3.88. The lowest BCUT2D eigenvalue weighted by Gasteiger charge is -2.05. The summed E-state index contributed by atoms with van der Waals surface area (Å²) in [7, 11) is 0. The minimum Gasteiger partial charge on any atom is -0.454 e. The van der Waals surface area contributed by atoms with E-state index in [1.807, 2.05) is 36.6 Å². The van der Waals surface area contributed by atoms with Gasteiger partial charge in [0.1, 0.15) is 5.58 Å². The molecule has 17 heavy (non-hydrogen) atoms. The van der Waals surface area contributed by atoms with E-state index >= 15 is 0 Å². The lowest BCUT2D eigenvalue weighted by atomic mass is 10.1. The molecular weight excluding hydrogens is 232 g/mol. The maximum absolute atomic E-state index is 6.09. The van der Waals surface area contributed by atoms with E-state index in [1.54, 1.807) is 11.8 Å². The van der Waals surface area contributed by atoms with Gasteiger partial charge in [0.25, 0.3) is 0 Å². The maximum atomic E-state index is 6.09. The minimum absolute atomic E-state index is 0.665. The average molecular weight is 244 g/mol. The third-order valence-electron chi connectivity index (χ3n) is 2.90. The smallest absolute Gasteiger partial charge is 0.161 e. The molecule has 0 fully saturated rings. The molecule has 0 radical (unpaired) electrons. The van der Waals surface area contributed by atoms with Crippen LogP contribution in [0.3, 0.4) is 0 Å². The van der Waals surface area contributed by atoms with E-state index in [0.29, 0.717) is 17.0 Å². The first-order chi connectivity index (χ1) is 8.22. The van der Waals surface area contributed by atoms with Gasteiger partial charge in [0.15, 0.2) is 5.58 Å². The van der Waals surface area contributed by atoms with Crippen LogP contribution in [-0.2, 0) is 0 Å². The van der Waals surface area contributed by atoms with Gasteiger partial charge in [-0.15, -0.1) is 11.8 Å². The number of hydrogen-bond acceptors (Lipinski definition) is 4. The first kappa shape index (κ1) is 10.4. The number of benzene rings is 2. The van der Waals surface area contributed by atoms with Crippen molar-refractivity contribution >= 4 is 45.1 Å². The minimum atomic E-state index is 0.665. The number of furan rings is 1. The van der Waals surface area contributed by atoms with E-state index in [9.17, 15) is 0 Å². The largest absolute Gasteiger partial charge is 0.454 e. The van der Waals surface area contributed by atoms with Crippen molar-refractivity contribution in [3.63, 3.8) is 0 Å². The molecule has 0 spiro atoms. The van der Waals surface area contributed by atoms with E-state index in [1.165, 1.54) is 0 Å². The summed E-state index contributed by atoms with van der Waals surface area (Å²) in [5, 5.41) is 1.93. The zero-order chi connectivity index (χ0) is 12.0. The molecule has 2 aromatic carbocycles. The molecule has 3 aromatic rings. The maximum Gasteiger partial charge on any atom is 0.161 e. The number of para-hydroxylation sites is 1. The predicted molar refractivity (Wildman–Crippen MR) is 74.3 cm³/mol. The highest BCUT2D eigenvalue weighted by Crippen LogP contribution is 2.40. The number of nitrogen functional groups attached to an aromatic ring is 2. The van der Waals surface area contributed by atoms with Gasteiger partial charge in [-0.1, -0.05) is 18.2 Å². The third-order valence-corrected chi connectivity index (χ3v) is 3.68. The van der Waals surface area contributed by atoms with E-state index < -0.39 is 0 Å². The molecule has 4 heteroatoms. The molecule has 86 valence electrons. The monoisotopic (exact) mass is 244 g/mol. The molecule has 0 atom stereocenters. The fourth-order valence-corrected chi connectivity index (χ4v) is 2.65. The van der Waals surface area contributed by atoms with Crippen molar-refractivity contribution in [3.8, 4) is 0 Å². The molecular formula is C13H12N2OS. The van der Waals surface area contributed by atoms with Gasteiger partial charge in [0.05, 0.1) is 11.1 Å². The Morgan fingerprint density at radius 3 is 2.71 bits per heavy atom. The molecule has 3 rings (SSSR count). The van der Waals surface area contributed by atoms with Crippen LogP contribution in [0.1, 0.15) is 0 Å². The number of nitrogens with two attached hydrogens (primary N) is 2. The van der Waals surface area contributed by atoms with Crippen LogP contribution < -0.4 is 11.5 Å². The van der Waals surface area contributed by atoms with E-state index in [4.69, 9.17) is 15.9 Å². The molecule has 0 unspecified atom stereocenters. The van der Waals surface area contributed by atoms with Crippen LogP contribution >= 0.6 is 11.8 Å². The zero-order valence-corrected chi connectivity index (χ0v) is 10.2. The molecule has 0 aliphatic rings. The van der Waals surface area contributed by atoms with E-state index in [2.05, 4.69) is 0 Å². The summed E-state index contributed by atoms with van der Waals surface area (Å²) >= 11 is 1.57. The highest BCUT2D eigenvalue weighted by atomic mass is 32.2. The summed E-state index contributed by atoms with van der Waals surface area (Å²) in [5.74, 6) is 0. The SMILES string of the molecule is CSc1cc(N)c2c(oc3ccccc32)c1N. The van der Waals surface area contributed by atoms with Gasteiger partial charge in [-0.3, -0.25) is 0 Å². The molecule has 1 heterocycles. The number of hydrogen-bond donors (Lipinski definition) is 2. The Morgan fingerprint density at radius 1 is 1.18 bits per heavy atom. The summed E-state index contributed by atoms with van der Waals surface area (Å²) in [4.78, 5) is 0.953. The number of fused-ring (bicyclic) bond motifs is 3. The summed E-state index contributed by atoms with van der Waals surface area (Å²) in [6.45, 7) is 0. The lowest BCUT2D eigenvalue weighted by molar-refractivity contribution is 0.669. The topological polar surface area (TPSA) is 65.2 Å². The zero-order valence-electron chi connectivity index (χ0n) is 9.36. The average Bonchev–Trinajstić information content (AvgIpc) is 2.73. The summed E-state index contributed by atoms with van der Waals surface area (Å²) in [6, 6.07) is 9.73. The van der Waals surface area contributed by atoms with E-state index in [-0.39, 0.29) is 0 Å². The van der Waals surface area contributed by atoms with Crippen LogP contribution in [-0.4, -0.2) is 6.26 Å². The molecule has 0 saturated carbocycles. The molecule has 0 saturated heterocycles. The molecule has 4 N–H and O–H groups in total. The highest BCUT2D eigenvalue weighted by Gasteiger charge is 2.15. The van der Waals surface area contributed by atoms with Gasteiger partial charge in [0.2, 0.25) is 0 Å². The van der Waals surface area contributed by atoms with Crippen molar-refractivity contribution in [1.82, 2.24) is 0 Å². The molecule has 3 nitrogen and oxygen atoms in total. The summed E-state index contributed by atoms with van der Waals surface area (Å²) in [6.07, 6.45) is 1.97. The van der Waals surface area contributed by atoms with Crippen LogP contribution in [0.4, 0.5) is 11.4 Å². The van der Waals surface area contributed by atoms with Crippen molar-refractivity contribution in [3.05, 3.63) is 30.3 Å². The molecule has 0 bridgehead atoms. The molecule has 0 amide bonds. The van der Waals surface area contributed by atoms with Crippen molar-refractivity contribution in [2.24, 2.45) is 0 Å². The predicted octanol–water partition coefficient (Wildman–Crippen LogP) is 3.47. The quantitative estimate of drug-likeness (QED) is 0.508. The fraction of sp³-hybridized carbons (Fsp3) is 0.0769. The van der Waals surface area contributed by atoms with Crippen molar-refractivity contribution in [2.45, 2.75) is 4.90 Å². The van der Waals surface area contributed by atoms with Gasteiger partial charge >= 0.3 is 0 Å². The first-order valence-electron chi connectivity index (χ1n) is 5.25. The Labute approximate surface area is 103 Å². The Hall–Kier alpha value is -1.81. The normalized spacial score (nSPS) is 11.4. The summed E-state index contributed by atoms with van der Waals surface area (Å²) < 4.78 is 5.79. The first-order valence-corrected chi connectivity index (χ1v) is 6.48. The molecule has 0 aliphatic heterocycles. The highest BCUT2D eigenvalue weighted by molar-refractivity contribution is 7.98. The van der Waals surface area contributed by atoms with Gasteiger partial charge in [0, 0.05) is 16.0 Å². The second-order valence-corrected chi connectivity index (χ2v) is 4.73. The van der Waals surface area contributed by atoms with Crippen LogP contribution in [0, 0.1) is 0 Å². The standard InChI is InChI=1S/C13H12N2OS/c1-17-10-6-8(14)11-7-4-2-3-5-9(7)16-13(11)12(10)15/h2-6H,14-15H2,1H3. The molecule has 0 aliphatic carbocycles. The Bertz CT molecular complexity index is 718. The number of anilines is 2. The van der Waals surface area contributed by atoms with Crippen molar-refractivity contribution in [1.29, 1.82) is 0 Å². The van der Waals surface area contributed by atoms with Gasteiger partial charge < -0.3 is 15.9 Å². The third kappa shape index (κ3) is 1.37. The second kappa shape index (κ2) is 3.60. The van der Waals surface area contributed by atoms with Gasteiger partial charge in [-0.05, 0) is 18.4 Å². The van der Waals surface area contributed by atoms with Gasteiger partial charge in [-0.25, -0.2) is 0 Å². The Balaban J connectivity index is 2.56. The van der Waals surface area contributed by atoms with Crippen LogP contribution in [0.25, 0.3) is 21.9 Å². The number of rotatable bonds is 1. The Morgan fingerprint density at radius 2 is 1.94 bits per heavy atom. The fourth-order valence-electron chi connectivity index (χ4n) is 2.09. The Kier molecular flexibility index (Phi) is 2.19. The lowest BCUT2D eigenvalue weighted by Crippen LogP contribution is -1.93. The van der Waals surface area contributed by atoms with Crippen LogP contribution in [0.5, 0.6) is 0 Å². The van der Waals surface area contributed by atoms with Gasteiger partial charge in [-0.2, -0.15) is 0 Å².